The standard InChI is InChI=1S/C22H26Cl2N2O4S2/c1-30-21-8-7-18(14-19(21)22(27)26-10-3-2-4-11-26)32(28,29)25-9-12-31-15-16-5-6-17(23)13-20(16)24/h5-8,13-14,25H,2-4,9-12,15H2,1H3. The van der Waals surface area contributed by atoms with Crippen LogP contribution in [0.15, 0.2) is 41.3 Å². The van der Waals surface area contributed by atoms with Crippen LogP contribution in [0.25, 0.3) is 0 Å². The number of sulfonamides is 1. The van der Waals surface area contributed by atoms with Crippen molar-refractivity contribution in [2.75, 3.05) is 32.5 Å². The average Bonchev–Trinajstić information content (AvgIpc) is 2.79. The molecule has 2 aromatic carbocycles. The zero-order valence-electron chi connectivity index (χ0n) is 17.8. The molecule has 1 amide bonds. The van der Waals surface area contributed by atoms with E-state index in [1.165, 1.54) is 25.3 Å². The highest BCUT2D eigenvalue weighted by atomic mass is 35.5. The summed E-state index contributed by atoms with van der Waals surface area (Å²) < 4.78 is 33.5. The number of carbonyl (C=O) groups excluding carboxylic acids is 1. The maximum Gasteiger partial charge on any atom is 0.257 e. The Hall–Kier alpha value is -1.45. The van der Waals surface area contributed by atoms with Crippen molar-refractivity contribution in [2.24, 2.45) is 0 Å². The number of hydrogen-bond acceptors (Lipinski definition) is 5. The van der Waals surface area contributed by atoms with Crippen LogP contribution in [0.4, 0.5) is 0 Å². The molecule has 1 aliphatic heterocycles. The number of nitrogens with one attached hydrogen (secondary N) is 1. The summed E-state index contributed by atoms with van der Waals surface area (Å²) in [7, 11) is -2.29. The normalized spacial score (nSPS) is 14.4. The second-order valence-electron chi connectivity index (χ2n) is 7.40. The maximum absolute atomic E-state index is 12.9. The Morgan fingerprint density at radius 2 is 1.88 bits per heavy atom. The van der Waals surface area contributed by atoms with Crippen LogP contribution in [0.2, 0.25) is 10.0 Å². The molecule has 1 saturated heterocycles. The maximum atomic E-state index is 12.9. The van der Waals surface area contributed by atoms with Gasteiger partial charge in [-0.25, -0.2) is 13.1 Å². The summed E-state index contributed by atoms with van der Waals surface area (Å²) >= 11 is 13.6. The highest BCUT2D eigenvalue weighted by molar-refractivity contribution is 7.98. The van der Waals surface area contributed by atoms with Gasteiger partial charge in [0, 0.05) is 41.2 Å². The summed E-state index contributed by atoms with van der Waals surface area (Å²) in [6.45, 7) is 1.60. The highest BCUT2D eigenvalue weighted by Gasteiger charge is 2.24. The van der Waals surface area contributed by atoms with E-state index >= 15 is 0 Å². The van der Waals surface area contributed by atoms with E-state index in [-0.39, 0.29) is 22.9 Å². The van der Waals surface area contributed by atoms with Gasteiger partial charge in [0.25, 0.3) is 5.91 Å². The summed E-state index contributed by atoms with van der Waals surface area (Å²) in [4.78, 5) is 14.7. The molecule has 1 aliphatic rings. The monoisotopic (exact) mass is 516 g/mol. The van der Waals surface area contributed by atoms with Gasteiger partial charge < -0.3 is 9.64 Å². The largest absolute Gasteiger partial charge is 0.496 e. The third kappa shape index (κ3) is 6.54. The molecule has 174 valence electrons. The van der Waals surface area contributed by atoms with Gasteiger partial charge in [0.15, 0.2) is 0 Å². The molecule has 2 aromatic rings. The lowest BCUT2D eigenvalue weighted by Crippen LogP contribution is -2.36. The second kappa shape index (κ2) is 11.6. The first kappa shape index (κ1) is 25.2. The molecular weight excluding hydrogens is 491 g/mol. The van der Waals surface area contributed by atoms with Crippen LogP contribution >= 0.6 is 35.0 Å². The highest BCUT2D eigenvalue weighted by Crippen LogP contribution is 2.26. The number of carbonyl (C=O) groups is 1. The van der Waals surface area contributed by atoms with Gasteiger partial charge in [0.2, 0.25) is 10.0 Å². The Labute approximate surface area is 203 Å². The fraction of sp³-hybridized carbons (Fsp3) is 0.409. The number of nitrogens with zero attached hydrogens (tertiary/aromatic N) is 1. The van der Waals surface area contributed by atoms with Crippen molar-refractivity contribution < 1.29 is 17.9 Å². The number of likely N-dealkylation sites (tertiary alicyclic amines) is 1. The molecule has 32 heavy (non-hydrogen) atoms. The zero-order valence-corrected chi connectivity index (χ0v) is 20.9. The topological polar surface area (TPSA) is 75.7 Å². The van der Waals surface area contributed by atoms with E-state index in [9.17, 15) is 13.2 Å². The van der Waals surface area contributed by atoms with Crippen molar-refractivity contribution >= 4 is 50.9 Å². The molecule has 0 saturated carbocycles. The fourth-order valence-electron chi connectivity index (χ4n) is 3.44. The van der Waals surface area contributed by atoms with Gasteiger partial charge in [0.05, 0.1) is 17.6 Å². The predicted octanol–water partition coefficient (Wildman–Crippen LogP) is 4.84. The second-order valence-corrected chi connectivity index (χ2v) is 11.1. The van der Waals surface area contributed by atoms with Crippen LogP contribution in [0, 0.1) is 0 Å². The Bertz CT molecular complexity index is 1060. The van der Waals surface area contributed by atoms with Gasteiger partial charge in [-0.05, 0) is 55.2 Å². The number of halogens is 2. The minimum Gasteiger partial charge on any atom is -0.496 e. The summed E-state index contributed by atoms with van der Waals surface area (Å²) in [5, 5.41) is 1.17. The zero-order chi connectivity index (χ0) is 23.1. The van der Waals surface area contributed by atoms with E-state index in [0.717, 1.165) is 24.8 Å². The first-order chi connectivity index (χ1) is 15.3. The van der Waals surface area contributed by atoms with E-state index in [1.54, 1.807) is 28.8 Å². The molecule has 0 bridgehead atoms. The van der Waals surface area contributed by atoms with E-state index in [4.69, 9.17) is 27.9 Å². The molecule has 1 fully saturated rings. The predicted molar refractivity (Wildman–Crippen MR) is 131 cm³/mol. The summed E-state index contributed by atoms with van der Waals surface area (Å²) in [6.07, 6.45) is 3.00. The number of hydrogen-bond donors (Lipinski definition) is 1. The third-order valence-corrected chi connectivity index (χ3v) is 8.22. The Kier molecular flexibility index (Phi) is 9.13. The van der Waals surface area contributed by atoms with Gasteiger partial charge in [-0.15, -0.1) is 0 Å². The summed E-state index contributed by atoms with van der Waals surface area (Å²) in [6, 6.07) is 9.71. The SMILES string of the molecule is COc1ccc(S(=O)(=O)NCCSCc2ccc(Cl)cc2Cl)cc1C(=O)N1CCCCC1. The lowest BCUT2D eigenvalue weighted by Gasteiger charge is -2.27. The minimum atomic E-state index is -3.76. The number of ether oxygens (including phenoxy) is 1. The summed E-state index contributed by atoms with van der Waals surface area (Å²) in [5.74, 6) is 1.38. The van der Waals surface area contributed by atoms with Gasteiger partial charge in [-0.3, -0.25) is 4.79 Å². The first-order valence-electron chi connectivity index (χ1n) is 10.3. The first-order valence-corrected chi connectivity index (χ1v) is 13.7. The van der Waals surface area contributed by atoms with Crippen molar-refractivity contribution in [1.82, 2.24) is 9.62 Å². The molecular formula is C22H26Cl2N2O4S2. The van der Waals surface area contributed by atoms with Crippen molar-refractivity contribution in [1.29, 1.82) is 0 Å². The lowest BCUT2D eigenvalue weighted by molar-refractivity contribution is 0.0720. The minimum absolute atomic E-state index is 0.0457. The van der Waals surface area contributed by atoms with Crippen LogP contribution in [-0.4, -0.2) is 51.7 Å². The van der Waals surface area contributed by atoms with Crippen LogP contribution in [-0.2, 0) is 15.8 Å². The Morgan fingerprint density at radius 3 is 2.56 bits per heavy atom. The van der Waals surface area contributed by atoms with Gasteiger partial charge in [0.1, 0.15) is 5.75 Å². The number of piperidine rings is 1. The van der Waals surface area contributed by atoms with E-state index < -0.39 is 10.0 Å². The number of rotatable bonds is 9. The molecule has 6 nitrogen and oxygen atoms in total. The quantitative estimate of drug-likeness (QED) is 0.482. The Morgan fingerprint density at radius 1 is 1.12 bits per heavy atom. The third-order valence-electron chi connectivity index (χ3n) is 5.17. The fourth-order valence-corrected chi connectivity index (χ4v) is 6.04. The molecule has 0 unspecified atom stereocenters. The molecule has 0 atom stereocenters. The number of thioether (sulfide) groups is 1. The van der Waals surface area contributed by atoms with Crippen molar-refractivity contribution in [2.45, 2.75) is 29.9 Å². The van der Waals surface area contributed by atoms with Crippen LogP contribution in [0.5, 0.6) is 5.75 Å². The molecule has 0 aromatic heterocycles. The molecule has 3 rings (SSSR count). The van der Waals surface area contributed by atoms with E-state index in [2.05, 4.69) is 4.72 Å². The van der Waals surface area contributed by atoms with Gasteiger partial charge >= 0.3 is 0 Å². The smallest absolute Gasteiger partial charge is 0.257 e. The molecule has 0 spiro atoms. The number of methoxy groups -OCH3 is 1. The molecule has 1 N–H and O–H groups in total. The Balaban J connectivity index is 1.61. The van der Waals surface area contributed by atoms with Crippen molar-refractivity contribution in [3.63, 3.8) is 0 Å². The lowest BCUT2D eigenvalue weighted by atomic mass is 10.1. The molecule has 1 heterocycles. The van der Waals surface area contributed by atoms with Crippen molar-refractivity contribution in [3.8, 4) is 5.75 Å². The summed E-state index contributed by atoms with van der Waals surface area (Å²) in [5.41, 5.74) is 1.21. The molecule has 0 radical (unpaired) electrons. The van der Waals surface area contributed by atoms with Crippen molar-refractivity contribution in [3.05, 3.63) is 57.6 Å². The van der Waals surface area contributed by atoms with Gasteiger partial charge in [-0.2, -0.15) is 11.8 Å². The molecule has 10 heteroatoms. The van der Waals surface area contributed by atoms with Crippen LogP contribution in [0.1, 0.15) is 35.2 Å². The van der Waals surface area contributed by atoms with Crippen LogP contribution in [0.3, 0.4) is 0 Å². The number of amides is 1. The van der Waals surface area contributed by atoms with E-state index in [1.807, 2.05) is 6.07 Å². The van der Waals surface area contributed by atoms with E-state index in [0.29, 0.717) is 40.4 Å². The number of benzene rings is 2. The average molecular weight is 518 g/mol. The van der Waals surface area contributed by atoms with Gasteiger partial charge in [-0.1, -0.05) is 29.3 Å². The molecule has 0 aliphatic carbocycles. The van der Waals surface area contributed by atoms with Crippen LogP contribution < -0.4 is 9.46 Å².